The van der Waals surface area contributed by atoms with Crippen molar-refractivity contribution in [2.45, 2.75) is 13.8 Å². The summed E-state index contributed by atoms with van der Waals surface area (Å²) in [5, 5.41) is 8.04. The Kier molecular flexibility index (Phi) is 4.57. The lowest BCUT2D eigenvalue weighted by atomic mass is 10.1. The van der Waals surface area contributed by atoms with Gasteiger partial charge in [0.15, 0.2) is 5.82 Å². The minimum absolute atomic E-state index is 0.529. The summed E-state index contributed by atoms with van der Waals surface area (Å²) >= 11 is 0. The molecule has 2 aromatic carbocycles. The Morgan fingerprint density at radius 1 is 0.929 bits per heavy atom. The zero-order valence-corrected chi connectivity index (χ0v) is 16.2. The van der Waals surface area contributed by atoms with Crippen LogP contribution in [0.5, 0.6) is 11.5 Å². The SMILES string of the molecule is COc1ccc(OC)c(Nc2cc(C)nc3nc(-c4cccc(C)c4)nn23)c1. The Morgan fingerprint density at radius 2 is 1.79 bits per heavy atom. The normalized spacial score (nSPS) is 10.9. The van der Waals surface area contributed by atoms with E-state index in [-0.39, 0.29) is 0 Å². The maximum atomic E-state index is 5.47. The van der Waals surface area contributed by atoms with Crippen molar-refractivity contribution in [3.05, 3.63) is 59.8 Å². The highest BCUT2D eigenvalue weighted by Gasteiger charge is 2.14. The Hall–Kier alpha value is -3.61. The van der Waals surface area contributed by atoms with Crippen LogP contribution < -0.4 is 14.8 Å². The molecule has 1 N–H and O–H groups in total. The monoisotopic (exact) mass is 375 g/mol. The van der Waals surface area contributed by atoms with E-state index in [0.29, 0.717) is 17.4 Å². The molecule has 28 heavy (non-hydrogen) atoms. The van der Waals surface area contributed by atoms with E-state index in [1.807, 2.05) is 56.3 Å². The summed E-state index contributed by atoms with van der Waals surface area (Å²) in [6.45, 7) is 3.97. The van der Waals surface area contributed by atoms with Crippen LogP contribution in [0.4, 0.5) is 11.5 Å². The highest BCUT2D eigenvalue weighted by atomic mass is 16.5. The van der Waals surface area contributed by atoms with E-state index in [1.54, 1.807) is 18.7 Å². The molecule has 0 atom stereocenters. The van der Waals surface area contributed by atoms with Gasteiger partial charge in [0.25, 0.3) is 5.78 Å². The summed E-state index contributed by atoms with van der Waals surface area (Å²) in [5.41, 5.74) is 3.70. The molecule has 2 heterocycles. The van der Waals surface area contributed by atoms with Crippen molar-refractivity contribution in [2.75, 3.05) is 19.5 Å². The second-order valence-electron chi connectivity index (χ2n) is 6.49. The molecule has 0 fully saturated rings. The fourth-order valence-electron chi connectivity index (χ4n) is 3.03. The van der Waals surface area contributed by atoms with Crippen LogP contribution in [0.2, 0.25) is 0 Å². The van der Waals surface area contributed by atoms with Crippen molar-refractivity contribution in [3.8, 4) is 22.9 Å². The predicted octanol–water partition coefficient (Wildman–Crippen LogP) is 4.17. The topological polar surface area (TPSA) is 73.6 Å². The number of fused-ring (bicyclic) bond motifs is 1. The number of aryl methyl sites for hydroxylation is 2. The lowest BCUT2D eigenvalue weighted by Crippen LogP contribution is -2.04. The van der Waals surface area contributed by atoms with Crippen LogP contribution in [0.1, 0.15) is 11.3 Å². The van der Waals surface area contributed by atoms with Gasteiger partial charge in [-0.15, -0.1) is 5.10 Å². The zero-order chi connectivity index (χ0) is 19.7. The van der Waals surface area contributed by atoms with E-state index >= 15 is 0 Å². The van der Waals surface area contributed by atoms with Crippen LogP contribution in [-0.4, -0.2) is 33.8 Å². The fourth-order valence-corrected chi connectivity index (χ4v) is 3.03. The van der Waals surface area contributed by atoms with Gasteiger partial charge in [-0.05, 0) is 32.0 Å². The minimum atomic E-state index is 0.529. The van der Waals surface area contributed by atoms with E-state index in [1.165, 1.54) is 0 Å². The quantitative estimate of drug-likeness (QED) is 0.564. The summed E-state index contributed by atoms with van der Waals surface area (Å²) in [4.78, 5) is 9.12. The number of rotatable bonds is 5. The predicted molar refractivity (Wildman–Crippen MR) is 109 cm³/mol. The molecule has 7 nitrogen and oxygen atoms in total. The third kappa shape index (κ3) is 3.34. The van der Waals surface area contributed by atoms with Crippen molar-refractivity contribution in [2.24, 2.45) is 0 Å². The van der Waals surface area contributed by atoms with Gasteiger partial charge >= 0.3 is 0 Å². The molecule has 0 radical (unpaired) electrons. The molecule has 0 spiro atoms. The number of aromatic nitrogens is 4. The molecule has 0 saturated carbocycles. The molecule has 4 rings (SSSR count). The van der Waals surface area contributed by atoms with Crippen molar-refractivity contribution in [1.82, 2.24) is 19.6 Å². The molecule has 0 unspecified atom stereocenters. The Morgan fingerprint density at radius 3 is 2.54 bits per heavy atom. The number of ether oxygens (including phenoxy) is 2. The second kappa shape index (κ2) is 7.19. The highest BCUT2D eigenvalue weighted by molar-refractivity contribution is 5.68. The largest absolute Gasteiger partial charge is 0.497 e. The molecule has 0 bridgehead atoms. The van der Waals surface area contributed by atoms with Crippen LogP contribution in [-0.2, 0) is 0 Å². The maximum Gasteiger partial charge on any atom is 0.254 e. The molecular formula is C21H21N5O2. The second-order valence-corrected chi connectivity index (χ2v) is 6.49. The summed E-state index contributed by atoms with van der Waals surface area (Å²) < 4.78 is 12.5. The molecule has 142 valence electrons. The number of hydrogen-bond acceptors (Lipinski definition) is 6. The number of methoxy groups -OCH3 is 2. The smallest absolute Gasteiger partial charge is 0.254 e. The number of hydrogen-bond donors (Lipinski definition) is 1. The molecular weight excluding hydrogens is 354 g/mol. The molecule has 0 amide bonds. The first-order chi connectivity index (χ1) is 13.6. The zero-order valence-electron chi connectivity index (χ0n) is 16.2. The molecule has 2 aromatic heterocycles. The van der Waals surface area contributed by atoms with Crippen LogP contribution >= 0.6 is 0 Å². The highest BCUT2D eigenvalue weighted by Crippen LogP contribution is 2.32. The summed E-state index contributed by atoms with van der Waals surface area (Å²) in [6, 6.07) is 15.6. The molecule has 0 saturated heterocycles. The average molecular weight is 375 g/mol. The number of nitrogens with one attached hydrogen (secondary N) is 1. The number of anilines is 2. The van der Waals surface area contributed by atoms with Crippen LogP contribution in [0.15, 0.2) is 48.5 Å². The van der Waals surface area contributed by atoms with Crippen molar-refractivity contribution in [1.29, 1.82) is 0 Å². The molecule has 4 aromatic rings. The van der Waals surface area contributed by atoms with Gasteiger partial charge in [-0.2, -0.15) is 9.50 Å². The van der Waals surface area contributed by atoms with Crippen molar-refractivity contribution < 1.29 is 9.47 Å². The van der Waals surface area contributed by atoms with Crippen molar-refractivity contribution >= 4 is 17.3 Å². The van der Waals surface area contributed by atoms with E-state index in [0.717, 1.165) is 34.1 Å². The van der Waals surface area contributed by atoms with Crippen LogP contribution in [0.25, 0.3) is 17.2 Å². The third-order valence-corrected chi connectivity index (χ3v) is 4.39. The first kappa shape index (κ1) is 17.8. The third-order valence-electron chi connectivity index (χ3n) is 4.39. The summed E-state index contributed by atoms with van der Waals surface area (Å²) in [5.74, 6) is 3.32. The maximum absolute atomic E-state index is 5.47. The van der Waals surface area contributed by atoms with E-state index in [4.69, 9.17) is 9.47 Å². The molecule has 0 aliphatic rings. The van der Waals surface area contributed by atoms with Gasteiger partial charge in [0.1, 0.15) is 17.3 Å². The molecule has 7 heteroatoms. The van der Waals surface area contributed by atoms with E-state index < -0.39 is 0 Å². The first-order valence-corrected chi connectivity index (χ1v) is 8.88. The lowest BCUT2D eigenvalue weighted by molar-refractivity contribution is 0.405. The van der Waals surface area contributed by atoms with Gasteiger partial charge in [-0.3, -0.25) is 0 Å². The number of benzene rings is 2. The molecule has 0 aliphatic heterocycles. The molecule has 0 aliphatic carbocycles. The van der Waals surface area contributed by atoms with Crippen molar-refractivity contribution in [3.63, 3.8) is 0 Å². The first-order valence-electron chi connectivity index (χ1n) is 8.88. The van der Waals surface area contributed by atoms with Crippen LogP contribution in [0.3, 0.4) is 0 Å². The van der Waals surface area contributed by atoms with Gasteiger partial charge in [0.2, 0.25) is 0 Å². The summed E-state index contributed by atoms with van der Waals surface area (Å²) in [7, 11) is 3.26. The van der Waals surface area contributed by atoms with E-state index in [2.05, 4.69) is 26.4 Å². The van der Waals surface area contributed by atoms with Crippen LogP contribution in [0, 0.1) is 13.8 Å². The number of nitrogens with zero attached hydrogens (tertiary/aromatic N) is 4. The van der Waals surface area contributed by atoms with Gasteiger partial charge in [0, 0.05) is 23.4 Å². The standard InChI is InChI=1S/C21H21N5O2/c1-13-6-5-7-15(10-13)20-24-21-22-14(2)11-19(26(21)25-20)23-17-12-16(27-3)8-9-18(17)28-4/h5-12,23H,1-4H3. The van der Waals surface area contributed by atoms with Gasteiger partial charge in [0.05, 0.1) is 19.9 Å². The van der Waals surface area contributed by atoms with Gasteiger partial charge in [-0.1, -0.05) is 23.8 Å². The van der Waals surface area contributed by atoms with E-state index in [9.17, 15) is 0 Å². The van der Waals surface area contributed by atoms with Gasteiger partial charge < -0.3 is 14.8 Å². The Balaban J connectivity index is 1.81. The summed E-state index contributed by atoms with van der Waals surface area (Å²) in [6.07, 6.45) is 0. The lowest BCUT2D eigenvalue weighted by Gasteiger charge is -2.13. The Labute approximate surface area is 163 Å². The Bertz CT molecular complexity index is 1150. The minimum Gasteiger partial charge on any atom is -0.497 e. The van der Waals surface area contributed by atoms with Gasteiger partial charge in [-0.25, -0.2) is 4.98 Å². The fraction of sp³-hybridized carbons (Fsp3) is 0.190. The average Bonchev–Trinajstić information content (AvgIpc) is 3.12.